The second-order valence-corrected chi connectivity index (χ2v) is 16.4. The van der Waals surface area contributed by atoms with E-state index in [2.05, 4.69) is 84.9 Å². The minimum atomic E-state index is -0.421. The number of likely N-dealkylation sites (N-methyl/N-ethyl adjacent to an activating group) is 1. The van der Waals surface area contributed by atoms with Crippen molar-refractivity contribution in [2.75, 3.05) is 27.3 Å². The van der Waals surface area contributed by atoms with E-state index in [9.17, 15) is 4.79 Å². The van der Waals surface area contributed by atoms with E-state index in [1.807, 2.05) is 96.7 Å². The molecule has 0 bridgehead atoms. The first-order valence-corrected chi connectivity index (χ1v) is 21.2. The molecule has 7 nitrogen and oxygen atoms in total. The maximum Gasteiger partial charge on any atom is 0.259 e. The third-order valence-electron chi connectivity index (χ3n) is 10.4. The van der Waals surface area contributed by atoms with E-state index < -0.39 is 6.10 Å². The minimum absolute atomic E-state index is 0.00740. The van der Waals surface area contributed by atoms with Gasteiger partial charge in [-0.25, -0.2) is 0 Å². The molecule has 1 fully saturated rings. The highest BCUT2D eigenvalue weighted by atomic mass is 32.2. The summed E-state index contributed by atoms with van der Waals surface area (Å²) in [7, 11) is 3.45. The molecule has 0 unspecified atom stereocenters. The number of nitrogens with zero attached hydrogens (tertiary/aromatic N) is 1. The third kappa shape index (κ3) is 12.4. The molecule has 6 aromatic carbocycles. The van der Waals surface area contributed by atoms with E-state index >= 15 is 0 Å². The summed E-state index contributed by atoms with van der Waals surface area (Å²) in [5.41, 5.74) is 7.90. The molecule has 1 aliphatic rings. The van der Waals surface area contributed by atoms with Crippen LogP contribution >= 0.6 is 11.8 Å². The first-order valence-electron chi connectivity index (χ1n) is 20.2. The lowest BCUT2D eigenvalue weighted by molar-refractivity contribution is -0.160. The standard InChI is InChI=1S/C51H53NO6S/c1-52(2)47(53)37-55-45-28-26-38(27-29-45)30-43-24-15-25-44(31-43)51-50(58-35-42-22-13-6-14-23-42)49(57-34-41-20-11-5-12-21-41)48(56-33-40-18-9-4-10-19-40)46(59-51)36-54-32-39-16-7-3-8-17-39/h3-29,31,46,48-51H,30,32-37H2,1-2H3/t46-,48-,49+,50-,51+/m1/s1. The summed E-state index contributed by atoms with van der Waals surface area (Å²) in [5, 5.41) is -0.160. The summed E-state index contributed by atoms with van der Waals surface area (Å²) < 4.78 is 33.3. The van der Waals surface area contributed by atoms with Crippen LogP contribution in [0.3, 0.4) is 0 Å². The van der Waals surface area contributed by atoms with Crippen LogP contribution in [0.25, 0.3) is 0 Å². The van der Waals surface area contributed by atoms with Gasteiger partial charge in [-0.3, -0.25) is 4.79 Å². The molecule has 1 heterocycles. The van der Waals surface area contributed by atoms with Crippen molar-refractivity contribution in [2.24, 2.45) is 0 Å². The molecule has 1 aliphatic heterocycles. The maximum atomic E-state index is 12.1. The number of hydrogen-bond donors (Lipinski definition) is 0. The Balaban J connectivity index is 1.20. The molecule has 0 radical (unpaired) electrons. The fourth-order valence-corrected chi connectivity index (χ4v) is 8.78. The van der Waals surface area contributed by atoms with Crippen molar-refractivity contribution < 1.29 is 28.5 Å². The fraction of sp³-hybridized carbons (Fsp3) is 0.275. The van der Waals surface area contributed by atoms with Gasteiger partial charge in [0, 0.05) is 14.1 Å². The van der Waals surface area contributed by atoms with E-state index in [1.54, 1.807) is 14.1 Å². The lowest BCUT2D eigenvalue weighted by Gasteiger charge is -2.46. The molecule has 59 heavy (non-hydrogen) atoms. The van der Waals surface area contributed by atoms with Gasteiger partial charge in [-0.2, -0.15) is 0 Å². The van der Waals surface area contributed by atoms with E-state index in [0.29, 0.717) is 38.8 Å². The summed E-state index contributed by atoms with van der Waals surface area (Å²) >= 11 is 1.86. The van der Waals surface area contributed by atoms with Crippen LogP contribution in [0.1, 0.15) is 44.2 Å². The molecule has 1 saturated heterocycles. The number of benzene rings is 6. The van der Waals surface area contributed by atoms with E-state index in [1.165, 1.54) is 10.5 Å². The van der Waals surface area contributed by atoms with Gasteiger partial charge >= 0.3 is 0 Å². The van der Waals surface area contributed by atoms with Crippen molar-refractivity contribution in [1.29, 1.82) is 0 Å². The van der Waals surface area contributed by atoms with Crippen LogP contribution in [0.15, 0.2) is 170 Å². The molecule has 8 heteroatoms. The molecule has 0 spiro atoms. The average Bonchev–Trinajstić information content (AvgIpc) is 3.28. The normalized spacial score (nSPS) is 18.9. The second-order valence-electron chi connectivity index (χ2n) is 15.0. The lowest BCUT2D eigenvalue weighted by Crippen LogP contribution is -2.54. The molecular weight excluding hydrogens is 755 g/mol. The van der Waals surface area contributed by atoms with Crippen LogP contribution in [0.4, 0.5) is 0 Å². The Morgan fingerprint density at radius 1 is 0.525 bits per heavy atom. The van der Waals surface area contributed by atoms with Crippen LogP contribution in [0.5, 0.6) is 5.75 Å². The predicted octanol–water partition coefficient (Wildman–Crippen LogP) is 9.87. The predicted molar refractivity (Wildman–Crippen MR) is 235 cm³/mol. The fourth-order valence-electron chi connectivity index (χ4n) is 7.15. The second kappa shape index (κ2) is 21.7. The molecule has 0 saturated carbocycles. The SMILES string of the molecule is CN(C)C(=O)COc1ccc(Cc2cccc([C@@H]3S[C@H](COCc4ccccc4)[C@@H](OCc4ccccc4)[C@H](OCc4ccccc4)[C@H]3OCc3ccccc3)c2)cc1. The molecule has 1 amide bonds. The van der Waals surface area contributed by atoms with Crippen molar-refractivity contribution in [3.05, 3.63) is 209 Å². The van der Waals surface area contributed by atoms with Crippen LogP contribution in [-0.2, 0) is 56.6 Å². The number of amides is 1. The average molecular weight is 808 g/mol. The van der Waals surface area contributed by atoms with Crippen LogP contribution in [0.2, 0.25) is 0 Å². The monoisotopic (exact) mass is 807 g/mol. The van der Waals surface area contributed by atoms with E-state index in [-0.39, 0.29) is 35.2 Å². The van der Waals surface area contributed by atoms with Crippen molar-refractivity contribution in [3.63, 3.8) is 0 Å². The van der Waals surface area contributed by atoms with Gasteiger partial charge in [-0.05, 0) is 57.5 Å². The zero-order chi connectivity index (χ0) is 40.7. The number of hydrogen-bond acceptors (Lipinski definition) is 7. The Labute approximate surface area is 353 Å². The summed E-state index contributed by atoms with van der Waals surface area (Å²) in [6.07, 6.45) is -0.382. The maximum absolute atomic E-state index is 12.1. The van der Waals surface area contributed by atoms with Gasteiger partial charge < -0.3 is 28.6 Å². The molecule has 304 valence electrons. The van der Waals surface area contributed by atoms with Gasteiger partial charge in [0.05, 0.1) is 43.5 Å². The number of carbonyl (C=O) groups is 1. The summed E-state index contributed by atoms with van der Waals surface area (Å²) in [4.78, 5) is 13.6. The number of thioether (sulfide) groups is 1. The van der Waals surface area contributed by atoms with Crippen molar-refractivity contribution in [3.8, 4) is 5.75 Å². The van der Waals surface area contributed by atoms with Crippen LogP contribution in [0, 0.1) is 0 Å². The largest absolute Gasteiger partial charge is 0.484 e. The van der Waals surface area contributed by atoms with Gasteiger partial charge in [0.1, 0.15) is 24.1 Å². The Morgan fingerprint density at radius 2 is 1.02 bits per heavy atom. The topological polar surface area (TPSA) is 66.5 Å². The minimum Gasteiger partial charge on any atom is -0.484 e. The molecule has 0 N–H and O–H groups in total. The van der Waals surface area contributed by atoms with Gasteiger partial charge in [0.15, 0.2) is 6.61 Å². The summed E-state index contributed by atoms with van der Waals surface area (Å²) in [6.45, 7) is 2.27. The van der Waals surface area contributed by atoms with Gasteiger partial charge in [0.2, 0.25) is 0 Å². The number of ether oxygens (including phenoxy) is 5. The first kappa shape index (κ1) is 41.9. The summed E-state index contributed by atoms with van der Waals surface area (Å²) in [6, 6.07) is 58.1. The first-order chi connectivity index (χ1) is 29.0. The van der Waals surface area contributed by atoms with Crippen LogP contribution in [-0.4, -0.2) is 61.7 Å². The lowest BCUT2D eigenvalue weighted by atomic mass is 9.94. The zero-order valence-corrected chi connectivity index (χ0v) is 34.6. The van der Waals surface area contributed by atoms with Crippen LogP contribution < -0.4 is 4.74 Å². The van der Waals surface area contributed by atoms with Crippen molar-refractivity contribution >= 4 is 17.7 Å². The van der Waals surface area contributed by atoms with E-state index in [4.69, 9.17) is 23.7 Å². The number of carbonyl (C=O) groups excluding carboxylic acids is 1. The summed E-state index contributed by atoms with van der Waals surface area (Å²) in [5.74, 6) is 0.588. The van der Waals surface area contributed by atoms with Gasteiger partial charge in [-0.1, -0.05) is 158 Å². The highest BCUT2D eigenvalue weighted by Gasteiger charge is 2.48. The molecule has 7 rings (SSSR count). The molecule has 0 aromatic heterocycles. The van der Waals surface area contributed by atoms with Crippen molar-refractivity contribution in [2.45, 2.75) is 61.7 Å². The Bertz CT molecular complexity index is 2140. The quantitative estimate of drug-likeness (QED) is 0.0808. The Morgan fingerprint density at radius 3 is 1.56 bits per heavy atom. The molecule has 0 aliphatic carbocycles. The Kier molecular flexibility index (Phi) is 15.4. The number of rotatable bonds is 19. The van der Waals surface area contributed by atoms with Gasteiger partial charge in [-0.15, -0.1) is 11.8 Å². The highest BCUT2D eigenvalue weighted by molar-refractivity contribution is 8.00. The molecular formula is C51H53NO6S. The highest BCUT2D eigenvalue weighted by Crippen LogP contribution is 2.47. The van der Waals surface area contributed by atoms with Crippen molar-refractivity contribution in [1.82, 2.24) is 4.90 Å². The van der Waals surface area contributed by atoms with Gasteiger partial charge in [0.25, 0.3) is 5.91 Å². The molecule has 6 aromatic rings. The third-order valence-corrected chi connectivity index (χ3v) is 11.9. The molecule has 5 atom stereocenters. The van der Waals surface area contributed by atoms with E-state index in [0.717, 1.165) is 39.8 Å². The Hall–Kier alpha value is -5.22. The zero-order valence-electron chi connectivity index (χ0n) is 33.8. The smallest absolute Gasteiger partial charge is 0.259 e.